The van der Waals surface area contributed by atoms with Crippen LogP contribution in [0.2, 0.25) is 0 Å². The Bertz CT molecular complexity index is 856. The van der Waals surface area contributed by atoms with Crippen LogP contribution in [0.25, 0.3) is 0 Å². The zero-order chi connectivity index (χ0) is 21.0. The number of ketones is 1. The third-order valence-corrected chi connectivity index (χ3v) is 4.54. The maximum absolute atomic E-state index is 12.6. The average Bonchev–Trinajstić information content (AvgIpc) is 2.98. The fourth-order valence-corrected chi connectivity index (χ4v) is 3.35. The van der Waals surface area contributed by atoms with Gasteiger partial charge in [-0.1, -0.05) is 0 Å². The molecule has 0 saturated carbocycles. The first kappa shape index (κ1) is 21.3. The number of hydrogen-bond acceptors (Lipinski definition) is 6. The number of aromatic nitrogens is 1. The van der Waals surface area contributed by atoms with Gasteiger partial charge in [0.2, 0.25) is 11.5 Å². The van der Waals surface area contributed by atoms with Gasteiger partial charge in [0.05, 0.1) is 26.9 Å². The highest BCUT2D eigenvalue weighted by Crippen LogP contribution is 2.38. The maximum Gasteiger partial charge on any atom is 0.338 e. The summed E-state index contributed by atoms with van der Waals surface area (Å²) in [4.78, 5) is 25.0. The monoisotopic (exact) mass is 389 g/mol. The molecule has 0 unspecified atom stereocenters. The Morgan fingerprint density at radius 2 is 1.54 bits per heavy atom. The van der Waals surface area contributed by atoms with Gasteiger partial charge in [0.25, 0.3) is 0 Å². The van der Waals surface area contributed by atoms with Gasteiger partial charge in [-0.25, -0.2) is 4.79 Å². The predicted octanol–water partition coefficient (Wildman–Crippen LogP) is 3.75. The van der Waals surface area contributed by atoms with Crippen molar-refractivity contribution in [3.05, 3.63) is 40.7 Å². The molecule has 1 aromatic heterocycles. The summed E-state index contributed by atoms with van der Waals surface area (Å²) in [5.41, 5.74) is 2.62. The van der Waals surface area contributed by atoms with E-state index in [1.54, 1.807) is 0 Å². The Morgan fingerprint density at radius 1 is 0.964 bits per heavy atom. The summed E-state index contributed by atoms with van der Waals surface area (Å²) in [5, 5.41) is 0. The first-order valence-corrected chi connectivity index (χ1v) is 8.93. The Labute approximate surface area is 165 Å². The predicted molar refractivity (Wildman–Crippen MR) is 105 cm³/mol. The molecular formula is C21H27NO6. The lowest BCUT2D eigenvalue weighted by atomic mass is 10.1. The largest absolute Gasteiger partial charge is 0.493 e. The van der Waals surface area contributed by atoms with E-state index < -0.39 is 5.97 Å². The van der Waals surface area contributed by atoms with Gasteiger partial charge >= 0.3 is 5.97 Å². The number of ether oxygens (including phenoxy) is 4. The first-order valence-electron chi connectivity index (χ1n) is 8.93. The third kappa shape index (κ3) is 4.13. The van der Waals surface area contributed by atoms with Crippen LogP contribution in [0.5, 0.6) is 17.2 Å². The lowest BCUT2D eigenvalue weighted by Crippen LogP contribution is -2.15. The molecule has 28 heavy (non-hydrogen) atoms. The molecule has 7 nitrogen and oxygen atoms in total. The van der Waals surface area contributed by atoms with E-state index >= 15 is 0 Å². The number of carbonyl (C=O) groups is 2. The van der Waals surface area contributed by atoms with Crippen LogP contribution in [0.1, 0.15) is 52.0 Å². The minimum atomic E-state index is -0.648. The number of Topliss-reactive ketones (excluding diaryl/α,β-unsaturated/α-hetero) is 1. The van der Waals surface area contributed by atoms with E-state index in [1.165, 1.54) is 33.5 Å². The van der Waals surface area contributed by atoms with Crippen molar-refractivity contribution in [3.63, 3.8) is 0 Å². The number of nitrogens with zero attached hydrogens (tertiary/aromatic N) is 1. The molecule has 0 N–H and O–H groups in total. The number of methoxy groups -OCH3 is 3. The molecule has 0 fully saturated rings. The second-order valence-corrected chi connectivity index (χ2v) is 6.66. The number of rotatable bonds is 8. The summed E-state index contributed by atoms with van der Waals surface area (Å²) in [7, 11) is 4.39. The van der Waals surface area contributed by atoms with E-state index in [0.29, 0.717) is 22.8 Å². The van der Waals surface area contributed by atoms with Crippen molar-refractivity contribution in [1.82, 2.24) is 4.57 Å². The highest BCUT2D eigenvalue weighted by Gasteiger charge is 2.21. The van der Waals surface area contributed by atoms with Crippen molar-refractivity contribution in [2.75, 3.05) is 27.9 Å². The molecule has 0 atom stereocenters. The van der Waals surface area contributed by atoms with Crippen molar-refractivity contribution < 1.29 is 28.5 Å². The molecule has 0 spiro atoms. The van der Waals surface area contributed by atoms with Gasteiger partial charge in [0.1, 0.15) is 0 Å². The topological polar surface area (TPSA) is 76.0 Å². The summed E-state index contributed by atoms with van der Waals surface area (Å²) in [6, 6.07) is 5.03. The Kier molecular flexibility index (Phi) is 6.72. The SMILES string of the molecule is COc1cc(C(=O)OCC(=O)c2cc(C)n(C(C)C)c2C)cc(OC)c1OC. The minimum Gasteiger partial charge on any atom is -0.493 e. The van der Waals surface area contributed by atoms with Crippen LogP contribution in [0.15, 0.2) is 18.2 Å². The highest BCUT2D eigenvalue weighted by atomic mass is 16.5. The Balaban J connectivity index is 2.18. The van der Waals surface area contributed by atoms with Crippen molar-refractivity contribution in [3.8, 4) is 17.2 Å². The molecule has 1 aromatic carbocycles. The lowest BCUT2D eigenvalue weighted by molar-refractivity contribution is 0.0473. The van der Waals surface area contributed by atoms with Crippen LogP contribution in [0, 0.1) is 13.8 Å². The van der Waals surface area contributed by atoms with Crippen molar-refractivity contribution >= 4 is 11.8 Å². The van der Waals surface area contributed by atoms with Gasteiger partial charge in [0.15, 0.2) is 18.1 Å². The van der Waals surface area contributed by atoms with Gasteiger partial charge in [0, 0.05) is 23.0 Å². The second-order valence-electron chi connectivity index (χ2n) is 6.66. The standard InChI is InChI=1S/C21H27NO6/c1-12(2)22-13(3)8-16(14(22)4)17(23)11-28-21(24)15-9-18(25-5)20(27-7)19(10-15)26-6/h8-10,12H,11H2,1-7H3. The van der Waals surface area contributed by atoms with Gasteiger partial charge in [-0.15, -0.1) is 0 Å². The van der Waals surface area contributed by atoms with E-state index in [9.17, 15) is 9.59 Å². The van der Waals surface area contributed by atoms with E-state index in [4.69, 9.17) is 18.9 Å². The molecule has 2 aromatic rings. The Morgan fingerprint density at radius 3 is 1.96 bits per heavy atom. The third-order valence-electron chi connectivity index (χ3n) is 4.54. The molecular weight excluding hydrogens is 362 g/mol. The molecule has 0 saturated heterocycles. The summed E-state index contributed by atoms with van der Waals surface area (Å²) in [6.07, 6.45) is 0. The second kappa shape index (κ2) is 8.82. The van der Waals surface area contributed by atoms with Crippen LogP contribution >= 0.6 is 0 Å². The Hall–Kier alpha value is -2.96. The molecule has 152 valence electrons. The number of aryl methyl sites for hydroxylation is 1. The fourth-order valence-electron chi connectivity index (χ4n) is 3.35. The molecule has 0 aliphatic heterocycles. The van der Waals surface area contributed by atoms with Crippen molar-refractivity contribution in [1.29, 1.82) is 0 Å². The number of hydrogen-bond donors (Lipinski definition) is 0. The molecule has 1 heterocycles. The molecule has 0 radical (unpaired) electrons. The van der Waals surface area contributed by atoms with Gasteiger partial charge in [-0.3, -0.25) is 4.79 Å². The molecule has 7 heteroatoms. The van der Waals surface area contributed by atoms with Crippen LogP contribution in [-0.2, 0) is 4.74 Å². The fraction of sp³-hybridized carbons (Fsp3) is 0.429. The van der Waals surface area contributed by atoms with E-state index in [-0.39, 0.29) is 24.0 Å². The van der Waals surface area contributed by atoms with E-state index in [0.717, 1.165) is 11.4 Å². The van der Waals surface area contributed by atoms with Gasteiger partial charge in [-0.05, 0) is 45.9 Å². The van der Waals surface area contributed by atoms with Crippen LogP contribution in [-0.4, -0.2) is 44.3 Å². The summed E-state index contributed by atoms with van der Waals surface area (Å²) >= 11 is 0. The zero-order valence-corrected chi connectivity index (χ0v) is 17.4. The molecule has 2 rings (SSSR count). The molecule has 0 aliphatic rings. The lowest BCUT2D eigenvalue weighted by Gasteiger charge is -2.14. The summed E-state index contributed by atoms with van der Waals surface area (Å²) in [6.45, 7) is 7.60. The first-order chi connectivity index (χ1) is 13.2. The van der Waals surface area contributed by atoms with Crippen LogP contribution in [0.3, 0.4) is 0 Å². The normalized spacial score (nSPS) is 10.7. The van der Waals surface area contributed by atoms with Gasteiger partial charge in [-0.2, -0.15) is 0 Å². The van der Waals surface area contributed by atoms with E-state index in [2.05, 4.69) is 18.4 Å². The molecule has 0 bridgehead atoms. The van der Waals surface area contributed by atoms with Crippen molar-refractivity contribution in [2.24, 2.45) is 0 Å². The van der Waals surface area contributed by atoms with Crippen LogP contribution < -0.4 is 14.2 Å². The quantitative estimate of drug-likeness (QED) is 0.506. The maximum atomic E-state index is 12.6. The van der Waals surface area contributed by atoms with Crippen LogP contribution in [0.4, 0.5) is 0 Å². The molecule has 0 aliphatic carbocycles. The summed E-state index contributed by atoms with van der Waals surface area (Å²) in [5.74, 6) is 0.144. The van der Waals surface area contributed by atoms with Gasteiger partial charge < -0.3 is 23.5 Å². The summed E-state index contributed by atoms with van der Waals surface area (Å²) < 4.78 is 23.0. The number of esters is 1. The smallest absolute Gasteiger partial charge is 0.338 e. The minimum absolute atomic E-state index is 0.204. The van der Waals surface area contributed by atoms with Crippen molar-refractivity contribution in [2.45, 2.75) is 33.7 Å². The average molecular weight is 389 g/mol. The van der Waals surface area contributed by atoms with E-state index in [1.807, 2.05) is 19.9 Å². The molecule has 0 amide bonds. The number of benzene rings is 1. The zero-order valence-electron chi connectivity index (χ0n) is 17.4. The number of carbonyl (C=O) groups excluding carboxylic acids is 2. The highest BCUT2D eigenvalue weighted by molar-refractivity contribution is 6.00.